The Bertz CT molecular complexity index is 1620. The number of nitrogens with one attached hydrogen (secondary N) is 1. The van der Waals surface area contributed by atoms with Crippen molar-refractivity contribution < 1.29 is 23.8 Å². The average Bonchev–Trinajstić information content (AvgIpc) is 3.40. The first-order chi connectivity index (χ1) is 20.9. The lowest BCUT2D eigenvalue weighted by Crippen LogP contribution is -2.38. The number of carbonyl (C=O) groups excluding carboxylic acids is 2. The van der Waals surface area contributed by atoms with Crippen LogP contribution in [-0.2, 0) is 24.2 Å². The summed E-state index contributed by atoms with van der Waals surface area (Å²) in [7, 11) is 3.20. The van der Waals surface area contributed by atoms with Crippen LogP contribution in [0.3, 0.4) is 0 Å². The topological polar surface area (TPSA) is 93.2 Å². The standard InChI is InChI=1S/C33H38N4O5S/c1-6-36(7-2)19-24-30(32(38)42-8-3)28(21-14-15-25(40-4)26(18-21)41-5)29-23-16-17-37(20-27(23)43-31(29)35-24)33(39)34-22-12-10-9-11-13-22/h9-15,18H,6-8,16-17,19-20H2,1-5H3,(H,34,39). The van der Waals surface area contributed by atoms with Gasteiger partial charge in [-0.15, -0.1) is 11.3 Å². The zero-order valence-electron chi connectivity index (χ0n) is 25.4. The number of ether oxygens (including phenoxy) is 3. The second kappa shape index (κ2) is 13.4. The minimum atomic E-state index is -0.400. The summed E-state index contributed by atoms with van der Waals surface area (Å²) in [4.78, 5) is 38.0. The average molecular weight is 603 g/mol. The number of anilines is 1. The molecule has 2 aromatic carbocycles. The van der Waals surface area contributed by atoms with Gasteiger partial charge in [-0.2, -0.15) is 0 Å². The van der Waals surface area contributed by atoms with Crippen molar-refractivity contribution in [3.8, 4) is 22.6 Å². The third-order valence-electron chi connectivity index (χ3n) is 7.80. The van der Waals surface area contributed by atoms with Crippen LogP contribution in [0.4, 0.5) is 10.5 Å². The van der Waals surface area contributed by atoms with Crippen molar-refractivity contribution in [2.45, 2.75) is 40.3 Å². The van der Waals surface area contributed by atoms with Gasteiger partial charge in [0.1, 0.15) is 4.83 Å². The zero-order chi connectivity index (χ0) is 30.5. The minimum Gasteiger partial charge on any atom is -0.493 e. The van der Waals surface area contributed by atoms with Crippen LogP contribution in [0.2, 0.25) is 0 Å². The number of hydrogen-bond acceptors (Lipinski definition) is 8. The molecule has 1 aliphatic rings. The van der Waals surface area contributed by atoms with E-state index in [0.717, 1.165) is 50.6 Å². The summed E-state index contributed by atoms with van der Waals surface area (Å²) >= 11 is 1.58. The lowest BCUT2D eigenvalue weighted by atomic mass is 9.91. The third-order valence-corrected chi connectivity index (χ3v) is 8.91. The number of amides is 2. The van der Waals surface area contributed by atoms with E-state index < -0.39 is 5.97 Å². The molecule has 2 aromatic heterocycles. The Balaban J connectivity index is 1.69. The number of carbonyl (C=O) groups is 2. The molecule has 0 unspecified atom stereocenters. The van der Waals surface area contributed by atoms with E-state index in [2.05, 4.69) is 24.1 Å². The van der Waals surface area contributed by atoms with Gasteiger partial charge in [0, 0.05) is 34.6 Å². The number of urea groups is 1. The Labute approximate surface area is 256 Å². The molecule has 0 radical (unpaired) electrons. The molecule has 5 rings (SSSR count). The van der Waals surface area contributed by atoms with Crippen molar-refractivity contribution >= 4 is 39.2 Å². The van der Waals surface area contributed by atoms with Gasteiger partial charge in [-0.1, -0.05) is 38.1 Å². The molecule has 0 spiro atoms. The maximum Gasteiger partial charge on any atom is 0.340 e. The van der Waals surface area contributed by atoms with Gasteiger partial charge in [0.2, 0.25) is 0 Å². The van der Waals surface area contributed by atoms with Crippen molar-refractivity contribution in [3.05, 3.63) is 70.2 Å². The first-order valence-corrected chi connectivity index (χ1v) is 15.4. The summed E-state index contributed by atoms with van der Waals surface area (Å²) in [6, 6.07) is 15.0. The molecule has 1 N–H and O–H groups in total. The molecule has 9 nitrogen and oxygen atoms in total. The molecule has 4 aromatic rings. The highest BCUT2D eigenvalue weighted by Crippen LogP contribution is 2.44. The lowest BCUT2D eigenvalue weighted by molar-refractivity contribution is 0.0524. The molecule has 0 saturated heterocycles. The molecule has 0 bridgehead atoms. The number of benzene rings is 2. The van der Waals surface area contributed by atoms with E-state index in [-0.39, 0.29) is 12.6 Å². The summed E-state index contributed by atoms with van der Waals surface area (Å²) in [6.45, 7) is 9.39. The third kappa shape index (κ3) is 6.16. The van der Waals surface area contributed by atoms with Gasteiger partial charge in [0.15, 0.2) is 11.5 Å². The number of esters is 1. The van der Waals surface area contributed by atoms with E-state index in [1.54, 1.807) is 25.6 Å². The zero-order valence-corrected chi connectivity index (χ0v) is 26.2. The minimum absolute atomic E-state index is 0.142. The van der Waals surface area contributed by atoms with Gasteiger partial charge in [-0.05, 0) is 61.8 Å². The fourth-order valence-corrected chi connectivity index (χ4v) is 6.81. The SMILES string of the molecule is CCOC(=O)c1c(CN(CC)CC)nc2sc3c(c2c1-c1ccc(OC)c(OC)c1)CCN(C(=O)Nc1ccccc1)C3. The number of fused-ring (bicyclic) bond motifs is 3. The Morgan fingerprint density at radius 2 is 1.77 bits per heavy atom. The monoisotopic (exact) mass is 602 g/mol. The van der Waals surface area contributed by atoms with Crippen LogP contribution < -0.4 is 14.8 Å². The fraction of sp³-hybridized carbons (Fsp3) is 0.364. The van der Waals surface area contributed by atoms with Crippen LogP contribution in [0.15, 0.2) is 48.5 Å². The van der Waals surface area contributed by atoms with Crippen molar-refractivity contribution in [2.75, 3.05) is 45.8 Å². The number of nitrogens with zero attached hydrogens (tertiary/aromatic N) is 3. The van der Waals surface area contributed by atoms with Crippen molar-refractivity contribution in [2.24, 2.45) is 0 Å². The Hall–Kier alpha value is -4.15. The molecular weight excluding hydrogens is 564 g/mol. The normalized spacial score (nSPS) is 12.7. The molecular formula is C33H38N4O5S. The van der Waals surface area contributed by atoms with Gasteiger partial charge in [-0.25, -0.2) is 14.6 Å². The number of pyridine rings is 1. The van der Waals surface area contributed by atoms with Crippen LogP contribution in [0.25, 0.3) is 21.3 Å². The predicted octanol–water partition coefficient (Wildman–Crippen LogP) is 6.59. The van der Waals surface area contributed by atoms with E-state index in [1.165, 1.54) is 0 Å². The van der Waals surface area contributed by atoms with Crippen molar-refractivity contribution in [3.63, 3.8) is 0 Å². The Morgan fingerprint density at radius 3 is 2.44 bits per heavy atom. The first kappa shape index (κ1) is 30.3. The lowest BCUT2D eigenvalue weighted by Gasteiger charge is -2.27. The van der Waals surface area contributed by atoms with Gasteiger partial charge in [0.25, 0.3) is 0 Å². The van der Waals surface area contributed by atoms with E-state index >= 15 is 0 Å². The molecule has 1 aliphatic heterocycles. The summed E-state index contributed by atoms with van der Waals surface area (Å²) < 4.78 is 16.8. The number of rotatable bonds is 10. The Kier molecular flexibility index (Phi) is 9.47. The molecule has 0 fully saturated rings. The molecule has 0 saturated carbocycles. The predicted molar refractivity (Wildman–Crippen MR) is 170 cm³/mol. The van der Waals surface area contributed by atoms with E-state index in [0.29, 0.717) is 48.8 Å². The van der Waals surface area contributed by atoms with E-state index in [1.807, 2.05) is 60.4 Å². The van der Waals surface area contributed by atoms with Crippen LogP contribution >= 0.6 is 11.3 Å². The molecule has 3 heterocycles. The van der Waals surface area contributed by atoms with E-state index in [4.69, 9.17) is 19.2 Å². The second-order valence-corrected chi connectivity index (χ2v) is 11.3. The largest absolute Gasteiger partial charge is 0.493 e. The number of thiophene rings is 1. The highest BCUT2D eigenvalue weighted by atomic mass is 32.1. The number of para-hydroxylation sites is 1. The van der Waals surface area contributed by atoms with Crippen LogP contribution in [0, 0.1) is 0 Å². The molecule has 226 valence electrons. The van der Waals surface area contributed by atoms with Crippen LogP contribution in [0.1, 0.15) is 47.3 Å². The molecule has 2 amide bonds. The van der Waals surface area contributed by atoms with E-state index in [9.17, 15) is 9.59 Å². The van der Waals surface area contributed by atoms with Gasteiger partial charge < -0.3 is 24.4 Å². The molecule has 0 aliphatic carbocycles. The number of methoxy groups -OCH3 is 2. The van der Waals surface area contributed by atoms with Crippen molar-refractivity contribution in [1.82, 2.24) is 14.8 Å². The van der Waals surface area contributed by atoms with Gasteiger partial charge in [-0.3, -0.25) is 4.90 Å². The fourth-order valence-electron chi connectivity index (χ4n) is 5.55. The van der Waals surface area contributed by atoms with Crippen LogP contribution in [0.5, 0.6) is 11.5 Å². The highest BCUT2D eigenvalue weighted by Gasteiger charge is 2.31. The maximum absolute atomic E-state index is 13.7. The molecule has 10 heteroatoms. The van der Waals surface area contributed by atoms with Crippen LogP contribution in [-0.4, -0.2) is 67.2 Å². The molecule has 0 atom stereocenters. The first-order valence-electron chi connectivity index (χ1n) is 14.6. The quantitative estimate of drug-likeness (QED) is 0.205. The van der Waals surface area contributed by atoms with Gasteiger partial charge >= 0.3 is 12.0 Å². The summed E-state index contributed by atoms with van der Waals surface area (Å²) in [5.41, 5.74) is 4.62. The molecule has 43 heavy (non-hydrogen) atoms. The second-order valence-electron chi connectivity index (χ2n) is 10.2. The maximum atomic E-state index is 13.7. The summed E-state index contributed by atoms with van der Waals surface area (Å²) in [5.74, 6) is 0.770. The Morgan fingerprint density at radius 1 is 1.02 bits per heavy atom. The summed E-state index contributed by atoms with van der Waals surface area (Å²) in [6.07, 6.45) is 0.636. The smallest absolute Gasteiger partial charge is 0.340 e. The summed E-state index contributed by atoms with van der Waals surface area (Å²) in [5, 5.41) is 3.93. The number of aromatic nitrogens is 1. The van der Waals surface area contributed by atoms with Crippen molar-refractivity contribution in [1.29, 1.82) is 0 Å². The van der Waals surface area contributed by atoms with Gasteiger partial charge in [0.05, 0.1) is 38.6 Å². The highest BCUT2D eigenvalue weighted by molar-refractivity contribution is 7.19. The number of hydrogen-bond donors (Lipinski definition) is 1.